The number of aromatic carboxylic acids is 1. The van der Waals surface area contributed by atoms with E-state index in [1.54, 1.807) is 24.5 Å². The maximum Gasteiger partial charge on any atom is 1.00 e. The summed E-state index contributed by atoms with van der Waals surface area (Å²) in [5.74, 6) is -0.272. The fraction of sp³-hybridized carbons (Fsp3) is 0.292. The third kappa shape index (κ3) is 8.56. The molecule has 0 unspecified atom stereocenters. The number of H-pyrrole nitrogens is 1. The topological polar surface area (TPSA) is 78.5 Å². The van der Waals surface area contributed by atoms with Crippen LogP contribution in [0, 0.1) is 27.2 Å². The molecule has 0 bridgehead atoms. The van der Waals surface area contributed by atoms with E-state index in [9.17, 15) is 18.0 Å². The number of nitrogens with one attached hydrogen (secondary N) is 1. The minimum atomic E-state index is -4.18. The first-order chi connectivity index (χ1) is 15.6. The van der Waals surface area contributed by atoms with Crippen LogP contribution in [0.15, 0.2) is 36.7 Å². The first kappa shape index (κ1) is 29.3. The van der Waals surface area contributed by atoms with Gasteiger partial charge in [-0.1, -0.05) is 29.8 Å². The molecule has 2 N–H and O–H groups in total. The summed E-state index contributed by atoms with van der Waals surface area (Å²) in [4.78, 5) is 19.1. The zero-order chi connectivity index (χ0) is 24.6. The van der Waals surface area contributed by atoms with E-state index in [4.69, 9.17) is 9.84 Å². The maximum atomic E-state index is 12.1. The number of hydrogen-bond donors (Lipinski definition) is 2. The zero-order valence-corrected chi connectivity index (χ0v) is 19.6. The van der Waals surface area contributed by atoms with Gasteiger partial charge in [0, 0.05) is 12.3 Å². The van der Waals surface area contributed by atoms with Gasteiger partial charge in [0.05, 0.1) is 13.5 Å². The SMILES string of the molecule is [CH2-]CN(C[CH-]c1ccc(C(=O)O)nc1)CCC(F)(F)F.[CH2-]c1c(OC)cc(C)c2[nH]ccc12.[Li+]. The number of aromatic nitrogens is 2. The molecular weight excluding hydrogens is 442 g/mol. The van der Waals surface area contributed by atoms with Gasteiger partial charge in [-0.2, -0.15) is 38.1 Å². The zero-order valence-electron chi connectivity index (χ0n) is 19.6. The van der Waals surface area contributed by atoms with E-state index in [2.05, 4.69) is 30.7 Å². The molecule has 0 radical (unpaired) electrons. The average molecular weight is 469 g/mol. The summed E-state index contributed by atoms with van der Waals surface area (Å²) < 4.78 is 41.6. The molecule has 180 valence electrons. The van der Waals surface area contributed by atoms with E-state index >= 15 is 0 Å². The van der Waals surface area contributed by atoms with Crippen LogP contribution in [0.4, 0.5) is 13.2 Å². The van der Waals surface area contributed by atoms with Gasteiger partial charge in [0.25, 0.3) is 0 Å². The monoisotopic (exact) mass is 469 g/mol. The molecule has 2 aromatic heterocycles. The van der Waals surface area contributed by atoms with Gasteiger partial charge in [-0.3, -0.25) is 0 Å². The largest absolute Gasteiger partial charge is 1.00 e. The molecule has 10 heteroatoms. The minimum absolute atomic E-state index is 0. The maximum absolute atomic E-state index is 12.1. The molecule has 0 spiro atoms. The molecule has 0 saturated heterocycles. The molecular formula is C24H27F3LiN3O3-2. The molecule has 3 aromatic rings. The van der Waals surface area contributed by atoms with Crippen LogP contribution in [-0.4, -0.2) is 58.9 Å². The van der Waals surface area contributed by atoms with Crippen molar-refractivity contribution in [1.82, 2.24) is 14.9 Å². The van der Waals surface area contributed by atoms with Gasteiger partial charge in [0.1, 0.15) is 5.69 Å². The predicted octanol–water partition coefficient (Wildman–Crippen LogP) is 2.09. The standard InChI is InChI=1S/C13H15F3N2O2.C11H12NO.Li/c1-2-18(8-6-13(14,15)16)7-5-10-3-4-11(12(19)20)17-9-10;1-7-6-10(13-3)8(2)9-4-5-12-11(7)9;/h3-5,9H,1-2,6-8H2,(H,19,20);4-6,12H,2H2,1,3H3;/q-2;-1;+1. The second-order valence-electron chi connectivity index (χ2n) is 7.29. The summed E-state index contributed by atoms with van der Waals surface area (Å²) in [7, 11) is 1.67. The quantitative estimate of drug-likeness (QED) is 0.390. The molecule has 0 aliphatic heterocycles. The Kier molecular flexibility index (Phi) is 11.4. The molecule has 0 amide bonds. The van der Waals surface area contributed by atoms with Gasteiger partial charge in [-0.15, -0.1) is 12.1 Å². The van der Waals surface area contributed by atoms with Gasteiger partial charge < -0.3 is 31.6 Å². The Bertz CT molecular complexity index is 1050. The Morgan fingerprint density at radius 1 is 1.32 bits per heavy atom. The number of ether oxygens (including phenoxy) is 1. The Morgan fingerprint density at radius 2 is 2.03 bits per heavy atom. The Hall–Kier alpha value is -2.73. The summed E-state index contributed by atoms with van der Waals surface area (Å²) in [6, 6.07) is 6.92. The van der Waals surface area contributed by atoms with Crippen LogP contribution in [0.25, 0.3) is 10.9 Å². The summed E-state index contributed by atoms with van der Waals surface area (Å²) in [5, 5.41) is 9.82. The number of carbonyl (C=O) groups is 1. The molecule has 0 aliphatic carbocycles. The second kappa shape index (κ2) is 13.2. The normalized spacial score (nSPS) is 10.9. The molecule has 1 aromatic carbocycles. The summed E-state index contributed by atoms with van der Waals surface area (Å²) in [6.07, 6.45) is -0.0921. The Balaban J connectivity index is 0.000000356. The van der Waals surface area contributed by atoms with Crippen molar-refractivity contribution in [3.8, 4) is 5.75 Å². The van der Waals surface area contributed by atoms with Crippen LogP contribution < -0.4 is 23.6 Å². The van der Waals surface area contributed by atoms with Crippen molar-refractivity contribution in [2.24, 2.45) is 0 Å². The van der Waals surface area contributed by atoms with Crippen LogP contribution in [0.3, 0.4) is 0 Å². The third-order valence-electron chi connectivity index (χ3n) is 4.95. The van der Waals surface area contributed by atoms with Crippen molar-refractivity contribution >= 4 is 16.9 Å². The van der Waals surface area contributed by atoms with Crippen molar-refractivity contribution in [2.45, 2.75) is 19.5 Å². The fourth-order valence-corrected chi connectivity index (χ4v) is 3.08. The van der Waals surface area contributed by atoms with Crippen LogP contribution in [-0.2, 0) is 0 Å². The number of pyridine rings is 1. The number of aromatic amines is 1. The molecule has 3 rings (SSSR count). The molecule has 0 aliphatic rings. The van der Waals surface area contributed by atoms with Crippen LogP contribution in [0.5, 0.6) is 5.75 Å². The smallest absolute Gasteiger partial charge is 0.554 e. The first-order valence-corrected chi connectivity index (χ1v) is 10.1. The number of aryl methyl sites for hydroxylation is 1. The van der Waals surface area contributed by atoms with E-state index in [0.717, 1.165) is 22.2 Å². The van der Waals surface area contributed by atoms with Crippen LogP contribution in [0.1, 0.15) is 33.6 Å². The van der Waals surface area contributed by atoms with E-state index in [1.165, 1.54) is 17.8 Å². The van der Waals surface area contributed by atoms with Gasteiger partial charge in [-0.25, -0.2) is 4.79 Å². The Labute approximate surface area is 209 Å². The number of carboxylic acid groups (broad SMARTS) is 1. The number of hydrogen-bond acceptors (Lipinski definition) is 4. The van der Waals surface area contributed by atoms with Crippen LogP contribution >= 0.6 is 0 Å². The predicted molar refractivity (Wildman–Crippen MR) is 121 cm³/mol. The number of alkyl halides is 3. The summed E-state index contributed by atoms with van der Waals surface area (Å²) in [6.45, 7) is 10.1. The second-order valence-corrected chi connectivity index (χ2v) is 7.29. The number of fused-ring (bicyclic) bond motifs is 1. The number of carboxylic acids is 1. The summed E-state index contributed by atoms with van der Waals surface area (Å²) in [5.41, 5.74) is 3.85. The van der Waals surface area contributed by atoms with Crippen molar-refractivity contribution in [2.75, 3.05) is 26.7 Å². The number of rotatable bonds is 8. The number of halogens is 3. The molecule has 0 saturated carbocycles. The Morgan fingerprint density at radius 3 is 2.56 bits per heavy atom. The van der Waals surface area contributed by atoms with Gasteiger partial charge in [0.2, 0.25) is 0 Å². The third-order valence-corrected chi connectivity index (χ3v) is 4.95. The number of methoxy groups -OCH3 is 1. The molecule has 2 heterocycles. The van der Waals surface area contributed by atoms with E-state index in [-0.39, 0.29) is 37.6 Å². The molecule has 0 atom stereocenters. The van der Waals surface area contributed by atoms with E-state index < -0.39 is 18.6 Å². The summed E-state index contributed by atoms with van der Waals surface area (Å²) >= 11 is 0. The number of nitrogens with zero attached hydrogens (tertiary/aromatic N) is 2. The van der Waals surface area contributed by atoms with Crippen molar-refractivity contribution < 1.29 is 46.7 Å². The fourth-order valence-electron chi connectivity index (χ4n) is 3.08. The van der Waals surface area contributed by atoms with Crippen molar-refractivity contribution in [3.63, 3.8) is 0 Å². The number of benzene rings is 1. The van der Waals surface area contributed by atoms with Crippen molar-refractivity contribution in [1.29, 1.82) is 0 Å². The minimum Gasteiger partial charge on any atom is -0.554 e. The van der Waals surface area contributed by atoms with E-state index in [0.29, 0.717) is 12.1 Å². The molecule has 0 fully saturated rings. The van der Waals surface area contributed by atoms with E-state index in [1.807, 2.05) is 18.3 Å². The molecule has 6 nitrogen and oxygen atoms in total. The molecule has 34 heavy (non-hydrogen) atoms. The van der Waals surface area contributed by atoms with Gasteiger partial charge in [-0.05, 0) is 30.7 Å². The van der Waals surface area contributed by atoms with Crippen molar-refractivity contribution in [3.05, 3.63) is 79.3 Å². The first-order valence-electron chi connectivity index (χ1n) is 10.1. The van der Waals surface area contributed by atoms with Gasteiger partial charge >= 0.3 is 31.0 Å². The van der Waals surface area contributed by atoms with Crippen LogP contribution in [0.2, 0.25) is 0 Å². The average Bonchev–Trinajstić information content (AvgIpc) is 3.27. The van der Waals surface area contributed by atoms with Gasteiger partial charge in [0.15, 0.2) is 0 Å².